The van der Waals surface area contributed by atoms with Gasteiger partial charge in [0.15, 0.2) is 0 Å². The van der Waals surface area contributed by atoms with E-state index in [1.165, 1.54) is 4.90 Å². The highest BCUT2D eigenvalue weighted by Crippen LogP contribution is 2.33. The molecule has 1 fully saturated rings. The van der Waals surface area contributed by atoms with Gasteiger partial charge in [-0.25, -0.2) is 4.79 Å². The molecule has 0 bridgehead atoms. The number of rotatable bonds is 5. The zero-order valence-corrected chi connectivity index (χ0v) is 12.5. The predicted octanol–water partition coefficient (Wildman–Crippen LogP) is 2.53. The number of hydrogen-bond donors (Lipinski definition) is 2. The zero-order chi connectivity index (χ0) is 16.1. The van der Waals surface area contributed by atoms with Crippen LogP contribution in [0, 0.1) is 5.41 Å². The molecule has 1 aliphatic rings. The number of piperidine rings is 1. The topological polar surface area (TPSA) is 69.6 Å². The summed E-state index contributed by atoms with van der Waals surface area (Å²) in [5.41, 5.74) is -5.26. The van der Waals surface area contributed by atoms with E-state index in [1.54, 1.807) is 6.92 Å². The molecule has 9 heteroatoms. The SMILES string of the molecule is CCC1(C(=O)O)CCCN(C(=O)NCCSC(F)(F)F)C1. The third-order valence-corrected chi connectivity index (χ3v) is 4.37. The second-order valence-electron chi connectivity index (χ2n) is 4.99. The Labute approximate surface area is 125 Å². The summed E-state index contributed by atoms with van der Waals surface area (Å²) in [6.07, 6.45) is 1.49. The number of nitrogens with one attached hydrogen (secondary N) is 1. The van der Waals surface area contributed by atoms with Crippen LogP contribution in [0.2, 0.25) is 0 Å². The molecule has 1 unspecified atom stereocenters. The smallest absolute Gasteiger partial charge is 0.441 e. The van der Waals surface area contributed by atoms with E-state index in [9.17, 15) is 27.9 Å². The lowest BCUT2D eigenvalue weighted by atomic mass is 9.78. The molecule has 1 heterocycles. The van der Waals surface area contributed by atoms with Crippen molar-refractivity contribution < 1.29 is 27.9 Å². The number of hydrogen-bond acceptors (Lipinski definition) is 3. The van der Waals surface area contributed by atoms with Crippen molar-refractivity contribution in [2.45, 2.75) is 31.7 Å². The van der Waals surface area contributed by atoms with Crippen molar-refractivity contribution in [3.05, 3.63) is 0 Å². The quantitative estimate of drug-likeness (QED) is 0.761. The predicted molar refractivity (Wildman–Crippen MR) is 73.1 cm³/mol. The van der Waals surface area contributed by atoms with Gasteiger partial charge in [-0.05, 0) is 31.0 Å². The molecule has 0 aromatic heterocycles. The summed E-state index contributed by atoms with van der Waals surface area (Å²) in [6, 6.07) is -0.503. The van der Waals surface area contributed by atoms with Crippen molar-refractivity contribution in [1.29, 1.82) is 0 Å². The number of urea groups is 1. The Morgan fingerprint density at radius 1 is 1.43 bits per heavy atom. The lowest BCUT2D eigenvalue weighted by molar-refractivity contribution is -0.152. The Morgan fingerprint density at radius 3 is 2.62 bits per heavy atom. The molecule has 1 saturated heterocycles. The number of thioether (sulfide) groups is 1. The van der Waals surface area contributed by atoms with E-state index >= 15 is 0 Å². The lowest BCUT2D eigenvalue weighted by Crippen LogP contribution is -2.52. The van der Waals surface area contributed by atoms with Crippen LogP contribution in [0.15, 0.2) is 0 Å². The molecule has 21 heavy (non-hydrogen) atoms. The first kappa shape index (κ1) is 17.9. The number of aliphatic carboxylic acids is 1. The molecule has 0 aromatic carbocycles. The van der Waals surface area contributed by atoms with Crippen LogP contribution in [0.3, 0.4) is 0 Å². The van der Waals surface area contributed by atoms with Gasteiger partial charge in [0.2, 0.25) is 0 Å². The van der Waals surface area contributed by atoms with Gasteiger partial charge in [0.1, 0.15) is 0 Å². The number of amides is 2. The van der Waals surface area contributed by atoms with E-state index in [0.29, 0.717) is 25.8 Å². The van der Waals surface area contributed by atoms with Crippen LogP contribution in [-0.2, 0) is 4.79 Å². The number of carboxylic acid groups (broad SMARTS) is 1. The highest BCUT2D eigenvalue weighted by molar-refractivity contribution is 8.00. The van der Waals surface area contributed by atoms with Crippen LogP contribution in [0.1, 0.15) is 26.2 Å². The van der Waals surface area contributed by atoms with Crippen LogP contribution in [-0.4, -0.2) is 52.9 Å². The summed E-state index contributed by atoms with van der Waals surface area (Å²) in [5.74, 6) is -1.20. The van der Waals surface area contributed by atoms with Crippen LogP contribution < -0.4 is 5.32 Å². The Hall–Kier alpha value is -1.12. The maximum atomic E-state index is 11.9. The largest absolute Gasteiger partial charge is 0.481 e. The van der Waals surface area contributed by atoms with Gasteiger partial charge in [-0.3, -0.25) is 4.79 Å². The van der Waals surface area contributed by atoms with Crippen molar-refractivity contribution in [2.24, 2.45) is 5.41 Å². The third kappa shape index (κ3) is 5.29. The second-order valence-corrected chi connectivity index (χ2v) is 6.15. The highest BCUT2D eigenvalue weighted by Gasteiger charge is 2.42. The van der Waals surface area contributed by atoms with Crippen molar-refractivity contribution in [1.82, 2.24) is 10.2 Å². The van der Waals surface area contributed by atoms with Crippen molar-refractivity contribution in [2.75, 3.05) is 25.4 Å². The average Bonchev–Trinajstić information content (AvgIpc) is 2.42. The minimum atomic E-state index is -4.31. The van der Waals surface area contributed by atoms with E-state index in [4.69, 9.17) is 0 Å². The van der Waals surface area contributed by atoms with Crippen LogP contribution in [0.5, 0.6) is 0 Å². The first-order valence-corrected chi connectivity index (χ1v) is 7.65. The maximum absolute atomic E-state index is 11.9. The van der Waals surface area contributed by atoms with Crippen molar-refractivity contribution >= 4 is 23.8 Å². The summed E-state index contributed by atoms with van der Waals surface area (Å²) in [4.78, 5) is 24.6. The standard InChI is InChI=1S/C12H19F3N2O3S/c1-2-11(9(18)19)4-3-6-17(8-11)10(20)16-5-7-21-12(13,14)15/h2-8H2,1H3,(H,16,20)(H,18,19). The molecule has 2 N–H and O–H groups in total. The molecular formula is C12H19F3N2O3S. The first-order chi connectivity index (χ1) is 9.70. The maximum Gasteiger partial charge on any atom is 0.441 e. The van der Waals surface area contributed by atoms with E-state index in [0.717, 1.165) is 0 Å². The summed E-state index contributed by atoms with van der Waals surface area (Å²) in [7, 11) is 0. The van der Waals surface area contributed by atoms with Crippen molar-refractivity contribution in [3.8, 4) is 0 Å². The number of halogens is 3. The molecular weight excluding hydrogens is 309 g/mol. The molecule has 0 aliphatic carbocycles. The monoisotopic (exact) mass is 328 g/mol. The summed E-state index contributed by atoms with van der Waals surface area (Å²) in [6.45, 7) is 2.17. The molecule has 0 radical (unpaired) electrons. The number of alkyl halides is 3. The van der Waals surface area contributed by atoms with Gasteiger partial charge in [0.05, 0.1) is 5.41 Å². The number of nitrogens with zero attached hydrogens (tertiary/aromatic N) is 1. The first-order valence-electron chi connectivity index (χ1n) is 6.67. The van der Waals surface area contributed by atoms with E-state index < -0.39 is 22.9 Å². The number of likely N-dealkylation sites (tertiary alicyclic amines) is 1. The summed E-state index contributed by atoms with van der Waals surface area (Å²) >= 11 is -0.196. The zero-order valence-electron chi connectivity index (χ0n) is 11.7. The molecule has 122 valence electrons. The number of carboxylic acids is 1. The average molecular weight is 328 g/mol. The summed E-state index contributed by atoms with van der Waals surface area (Å²) < 4.78 is 35.8. The molecule has 5 nitrogen and oxygen atoms in total. The fourth-order valence-corrected chi connectivity index (χ4v) is 2.79. The van der Waals surface area contributed by atoms with Gasteiger partial charge < -0.3 is 15.3 Å². The normalized spacial score (nSPS) is 23.0. The fraction of sp³-hybridized carbons (Fsp3) is 0.833. The third-order valence-electron chi connectivity index (χ3n) is 3.64. The molecule has 0 spiro atoms. The van der Waals surface area contributed by atoms with Gasteiger partial charge >= 0.3 is 17.5 Å². The van der Waals surface area contributed by atoms with Gasteiger partial charge in [-0.1, -0.05) is 6.92 Å². The van der Waals surface area contributed by atoms with Gasteiger partial charge in [0.25, 0.3) is 0 Å². The van der Waals surface area contributed by atoms with E-state index in [2.05, 4.69) is 5.32 Å². The van der Waals surface area contributed by atoms with Gasteiger partial charge in [0, 0.05) is 25.4 Å². The van der Waals surface area contributed by atoms with E-state index in [-0.39, 0.29) is 30.6 Å². The molecule has 1 atom stereocenters. The second kappa shape index (κ2) is 7.24. The highest BCUT2D eigenvalue weighted by atomic mass is 32.2. The Balaban J connectivity index is 2.45. The molecule has 1 rings (SSSR count). The Morgan fingerprint density at radius 2 is 2.10 bits per heavy atom. The van der Waals surface area contributed by atoms with Crippen LogP contribution >= 0.6 is 11.8 Å². The summed E-state index contributed by atoms with van der Waals surface area (Å²) in [5, 5.41) is 11.7. The lowest BCUT2D eigenvalue weighted by Gasteiger charge is -2.39. The Bertz CT molecular complexity index is 392. The molecule has 2 amide bonds. The number of carbonyl (C=O) groups excluding carboxylic acids is 1. The van der Waals surface area contributed by atoms with E-state index in [1.807, 2.05) is 0 Å². The fourth-order valence-electron chi connectivity index (χ4n) is 2.36. The molecule has 1 aliphatic heterocycles. The van der Waals surface area contributed by atoms with Crippen LogP contribution in [0.25, 0.3) is 0 Å². The molecule has 0 aromatic rings. The Kier molecular flexibility index (Phi) is 6.18. The van der Waals surface area contributed by atoms with Crippen molar-refractivity contribution in [3.63, 3.8) is 0 Å². The minimum absolute atomic E-state index is 0.0943. The molecule has 0 saturated carbocycles. The van der Waals surface area contributed by atoms with Crippen LogP contribution in [0.4, 0.5) is 18.0 Å². The number of carbonyl (C=O) groups is 2. The van der Waals surface area contributed by atoms with Gasteiger partial charge in [-0.15, -0.1) is 0 Å². The van der Waals surface area contributed by atoms with Gasteiger partial charge in [-0.2, -0.15) is 13.2 Å². The minimum Gasteiger partial charge on any atom is -0.481 e.